The quantitative estimate of drug-likeness (QED) is 0.674. The summed E-state index contributed by atoms with van der Waals surface area (Å²) in [4.78, 5) is 0. The zero-order chi connectivity index (χ0) is 6.78. The van der Waals surface area contributed by atoms with Crippen molar-refractivity contribution in [2.45, 2.75) is 7.16 Å². The van der Waals surface area contributed by atoms with E-state index in [2.05, 4.69) is 63.7 Å². The summed E-state index contributed by atoms with van der Waals surface area (Å²) in [6, 6.07) is 0. The molecule has 0 aromatic rings. The summed E-state index contributed by atoms with van der Waals surface area (Å²) in [7, 11) is 1.60. The highest BCUT2D eigenvalue weighted by molar-refractivity contribution is 9.29. The Bertz CT molecular complexity index is 71.7. The third-order valence-electron chi connectivity index (χ3n) is 0.526. The van der Waals surface area contributed by atoms with Gasteiger partial charge in [0.1, 0.15) is 3.74 Å². The van der Waals surface area contributed by atoms with Crippen molar-refractivity contribution in [1.29, 1.82) is 0 Å². The van der Waals surface area contributed by atoms with Crippen LogP contribution >= 0.6 is 63.7 Å². The molecule has 8 heavy (non-hydrogen) atoms. The van der Waals surface area contributed by atoms with Crippen LogP contribution in [0.2, 0.25) is 0 Å². The third kappa shape index (κ3) is 3.15. The van der Waals surface area contributed by atoms with Crippen LogP contribution in [0.5, 0.6) is 0 Å². The van der Waals surface area contributed by atoms with Crippen LogP contribution in [0.4, 0.5) is 0 Å². The zero-order valence-corrected chi connectivity index (χ0v) is 10.3. The number of halogens is 4. The van der Waals surface area contributed by atoms with Crippen molar-refractivity contribution in [3.05, 3.63) is 0 Å². The van der Waals surface area contributed by atoms with Gasteiger partial charge >= 0.3 is 0 Å². The van der Waals surface area contributed by atoms with Crippen LogP contribution in [0.1, 0.15) is 0 Å². The fraction of sp³-hybridized carbons (Fsp3) is 1.00. The van der Waals surface area contributed by atoms with Crippen LogP contribution in [-0.2, 0) is 4.74 Å². The van der Waals surface area contributed by atoms with E-state index >= 15 is 0 Å². The largest absolute Gasteiger partial charge is 0.355 e. The highest BCUT2D eigenvalue weighted by atomic mass is 79.9. The Morgan fingerprint density at radius 2 is 1.75 bits per heavy atom. The molecule has 0 radical (unpaired) electrons. The van der Waals surface area contributed by atoms with Crippen molar-refractivity contribution in [1.82, 2.24) is 0 Å². The van der Waals surface area contributed by atoms with E-state index in [-0.39, 0.29) is 3.74 Å². The van der Waals surface area contributed by atoms with Gasteiger partial charge in [0.25, 0.3) is 0 Å². The first kappa shape index (κ1) is 9.88. The summed E-state index contributed by atoms with van der Waals surface area (Å²) in [6.45, 7) is 0. The summed E-state index contributed by atoms with van der Waals surface area (Å²) in [6.07, 6.45) is 0. The number of hydrogen-bond donors (Lipinski definition) is 0. The van der Waals surface area contributed by atoms with Gasteiger partial charge in [-0.05, 0) is 31.9 Å². The predicted molar refractivity (Wildman–Crippen MR) is 49.2 cm³/mol. The van der Waals surface area contributed by atoms with E-state index in [0.29, 0.717) is 0 Å². The Balaban J connectivity index is 3.71. The summed E-state index contributed by atoms with van der Waals surface area (Å²) in [5.41, 5.74) is 0. The van der Waals surface area contributed by atoms with E-state index in [0.717, 1.165) is 0 Å². The summed E-state index contributed by atoms with van der Waals surface area (Å²) in [5, 5.41) is 0. The standard InChI is InChI=1S/C3H4Br4O/c1-8-3(6,7)2(4)5/h2H,1H3. The molecule has 0 amide bonds. The molecule has 0 rings (SSSR count). The highest BCUT2D eigenvalue weighted by Gasteiger charge is 2.28. The highest BCUT2D eigenvalue weighted by Crippen LogP contribution is 2.38. The van der Waals surface area contributed by atoms with E-state index in [9.17, 15) is 0 Å². The predicted octanol–water partition coefficient (Wildman–Crippen LogP) is 3.19. The van der Waals surface area contributed by atoms with Gasteiger partial charge in [0.15, 0.2) is 3.42 Å². The molecule has 0 aliphatic rings. The number of alkyl halides is 4. The minimum atomic E-state index is -0.500. The van der Waals surface area contributed by atoms with Crippen LogP contribution < -0.4 is 0 Å². The normalized spacial score (nSPS) is 12.8. The van der Waals surface area contributed by atoms with Crippen LogP contribution in [0, 0.1) is 0 Å². The molecule has 0 fully saturated rings. The summed E-state index contributed by atoms with van der Waals surface area (Å²) < 4.78 is 4.49. The Labute approximate surface area is 82.1 Å². The van der Waals surface area contributed by atoms with Crippen molar-refractivity contribution in [2.24, 2.45) is 0 Å². The molecule has 0 bridgehead atoms. The maximum Gasteiger partial charge on any atom is 0.199 e. The van der Waals surface area contributed by atoms with Gasteiger partial charge in [-0.2, -0.15) is 0 Å². The van der Waals surface area contributed by atoms with Crippen LogP contribution in [0.3, 0.4) is 0 Å². The lowest BCUT2D eigenvalue weighted by Gasteiger charge is -2.19. The van der Waals surface area contributed by atoms with Gasteiger partial charge in [0, 0.05) is 7.11 Å². The van der Waals surface area contributed by atoms with Crippen molar-refractivity contribution in [3.63, 3.8) is 0 Å². The fourth-order valence-electron chi connectivity index (χ4n) is 0.0891. The minimum Gasteiger partial charge on any atom is -0.355 e. The monoisotopic (exact) mass is 372 g/mol. The average Bonchev–Trinajstić information content (AvgIpc) is 1.67. The molecule has 0 aliphatic heterocycles. The van der Waals surface area contributed by atoms with Gasteiger partial charge in [-0.3, -0.25) is 0 Å². The van der Waals surface area contributed by atoms with E-state index in [1.807, 2.05) is 0 Å². The third-order valence-corrected chi connectivity index (χ3v) is 5.84. The van der Waals surface area contributed by atoms with Crippen LogP contribution in [0.25, 0.3) is 0 Å². The molecule has 5 heteroatoms. The first-order valence-electron chi connectivity index (χ1n) is 1.72. The first-order valence-corrected chi connectivity index (χ1v) is 5.13. The second kappa shape index (κ2) is 3.91. The molecule has 0 N–H and O–H groups in total. The summed E-state index contributed by atoms with van der Waals surface area (Å²) >= 11 is 13.0. The first-order chi connectivity index (χ1) is 3.50. The molecule has 1 nitrogen and oxygen atoms in total. The fourth-order valence-corrected chi connectivity index (χ4v) is 0.463. The molecule has 0 unspecified atom stereocenters. The van der Waals surface area contributed by atoms with E-state index < -0.39 is 3.42 Å². The lowest BCUT2D eigenvalue weighted by atomic mass is 10.9. The summed E-state index contributed by atoms with van der Waals surface area (Å²) in [5.74, 6) is 0. The van der Waals surface area contributed by atoms with Crippen LogP contribution in [-0.4, -0.2) is 14.3 Å². The molecule has 0 aromatic heterocycles. The number of hydrogen-bond acceptors (Lipinski definition) is 1. The number of ether oxygens (including phenoxy) is 1. The van der Waals surface area contributed by atoms with Crippen molar-refractivity contribution >= 4 is 63.7 Å². The smallest absolute Gasteiger partial charge is 0.199 e. The van der Waals surface area contributed by atoms with E-state index in [1.165, 1.54) is 0 Å². The van der Waals surface area contributed by atoms with Gasteiger partial charge in [0.05, 0.1) is 0 Å². The second-order valence-corrected chi connectivity index (χ2v) is 7.55. The van der Waals surface area contributed by atoms with Gasteiger partial charge in [-0.15, -0.1) is 0 Å². The molecule has 0 saturated heterocycles. The van der Waals surface area contributed by atoms with Gasteiger partial charge in [-0.1, -0.05) is 31.9 Å². The Morgan fingerprint density at radius 1 is 1.38 bits per heavy atom. The van der Waals surface area contributed by atoms with Gasteiger partial charge in [-0.25, -0.2) is 0 Å². The molecule has 0 aromatic carbocycles. The zero-order valence-electron chi connectivity index (χ0n) is 4.00. The van der Waals surface area contributed by atoms with E-state index in [1.54, 1.807) is 7.11 Å². The molecular formula is C3H4Br4O. The Hall–Kier alpha value is 1.88. The van der Waals surface area contributed by atoms with Gasteiger partial charge in [0.2, 0.25) is 0 Å². The van der Waals surface area contributed by atoms with Crippen LogP contribution in [0.15, 0.2) is 0 Å². The number of methoxy groups -OCH3 is 1. The molecule has 0 heterocycles. The Morgan fingerprint density at radius 3 is 1.75 bits per heavy atom. The van der Waals surface area contributed by atoms with Crippen molar-refractivity contribution < 1.29 is 4.74 Å². The topological polar surface area (TPSA) is 9.23 Å². The second-order valence-electron chi connectivity index (χ2n) is 1.07. The minimum absolute atomic E-state index is 0.0486. The maximum atomic E-state index is 4.94. The lowest BCUT2D eigenvalue weighted by Crippen LogP contribution is -2.21. The molecule has 0 aliphatic carbocycles. The SMILES string of the molecule is COC(Br)(Br)C(Br)Br. The number of rotatable bonds is 2. The van der Waals surface area contributed by atoms with E-state index in [4.69, 9.17) is 4.74 Å². The Kier molecular flexibility index (Phi) is 4.83. The molecule has 50 valence electrons. The molecule has 0 atom stereocenters. The molecular weight excluding hydrogens is 372 g/mol. The average molecular weight is 376 g/mol. The van der Waals surface area contributed by atoms with Crippen molar-refractivity contribution in [2.75, 3.05) is 7.11 Å². The van der Waals surface area contributed by atoms with Crippen molar-refractivity contribution in [3.8, 4) is 0 Å². The molecule has 0 saturated carbocycles. The molecule has 0 spiro atoms. The van der Waals surface area contributed by atoms with Gasteiger partial charge < -0.3 is 4.74 Å². The maximum absolute atomic E-state index is 4.94. The lowest BCUT2D eigenvalue weighted by molar-refractivity contribution is 0.172.